The molecule has 4 heteroatoms. The smallest absolute Gasteiger partial charge is 0.449 e. The Labute approximate surface area is 214 Å². The lowest BCUT2D eigenvalue weighted by Crippen LogP contribution is -2.15. The van der Waals surface area contributed by atoms with Gasteiger partial charge in [-0.3, -0.25) is 0 Å². The largest absolute Gasteiger partial charge is 0.511 e. The van der Waals surface area contributed by atoms with Gasteiger partial charge >= 0.3 is 6.16 Å². The molecular formula is C31H51FO3. The molecule has 2 aliphatic rings. The van der Waals surface area contributed by atoms with E-state index in [2.05, 4.69) is 18.6 Å². The lowest BCUT2D eigenvalue weighted by atomic mass is 9.78. The monoisotopic (exact) mass is 490 g/mol. The van der Waals surface area contributed by atoms with Crippen LogP contribution in [0.5, 0.6) is 5.75 Å². The average molecular weight is 491 g/mol. The van der Waals surface area contributed by atoms with Crippen molar-refractivity contribution in [2.75, 3.05) is 0 Å². The second kappa shape index (κ2) is 17.8. The minimum atomic E-state index is -1.42. The van der Waals surface area contributed by atoms with Gasteiger partial charge in [0.05, 0.1) is 0 Å². The van der Waals surface area contributed by atoms with E-state index in [-0.39, 0.29) is 11.6 Å². The predicted octanol–water partition coefficient (Wildman–Crippen LogP) is 10.3. The van der Waals surface area contributed by atoms with Crippen LogP contribution >= 0.6 is 0 Å². The summed E-state index contributed by atoms with van der Waals surface area (Å²) in [5.41, 5.74) is 0.651. The van der Waals surface area contributed by atoms with E-state index < -0.39 is 6.16 Å². The third kappa shape index (κ3) is 12.8. The number of ether oxygens (including phenoxy) is 1. The molecule has 0 aromatic heterocycles. The van der Waals surface area contributed by atoms with Crippen molar-refractivity contribution >= 4 is 6.16 Å². The van der Waals surface area contributed by atoms with E-state index in [0.717, 1.165) is 24.3 Å². The first kappa shape index (κ1) is 29.6. The zero-order valence-corrected chi connectivity index (χ0v) is 22.5. The molecule has 2 fully saturated rings. The maximum atomic E-state index is 14.0. The van der Waals surface area contributed by atoms with Crippen LogP contribution in [0.4, 0.5) is 9.18 Å². The zero-order valence-electron chi connectivity index (χ0n) is 22.5. The summed E-state index contributed by atoms with van der Waals surface area (Å²) in [5, 5.41) is 8.55. The van der Waals surface area contributed by atoms with Crippen molar-refractivity contribution in [2.24, 2.45) is 17.8 Å². The predicted molar refractivity (Wildman–Crippen MR) is 144 cm³/mol. The molecule has 0 aliphatic heterocycles. The molecule has 3 rings (SSSR count). The SMILES string of the molecule is CCCCCC1CCCCC1.CCCCC[C@H]1CC[C@H](CCc2ccc(OC(=O)O)cc2F)CC1. The van der Waals surface area contributed by atoms with Crippen molar-refractivity contribution in [3.8, 4) is 5.75 Å². The summed E-state index contributed by atoms with van der Waals surface area (Å²) >= 11 is 0. The molecule has 2 aliphatic carbocycles. The third-order valence-electron chi connectivity index (χ3n) is 8.17. The summed E-state index contributed by atoms with van der Waals surface area (Å²) in [7, 11) is 0. The first-order valence-electron chi connectivity index (χ1n) is 14.7. The van der Waals surface area contributed by atoms with Gasteiger partial charge < -0.3 is 9.84 Å². The highest BCUT2D eigenvalue weighted by Gasteiger charge is 2.21. The Balaban J connectivity index is 0.000000328. The van der Waals surface area contributed by atoms with Gasteiger partial charge in [-0.1, -0.05) is 129 Å². The zero-order chi connectivity index (χ0) is 25.3. The number of benzene rings is 1. The Morgan fingerprint density at radius 3 is 1.89 bits per heavy atom. The molecule has 0 bridgehead atoms. The van der Waals surface area contributed by atoms with Crippen molar-refractivity contribution in [1.29, 1.82) is 0 Å². The first-order chi connectivity index (χ1) is 17.0. The summed E-state index contributed by atoms with van der Waals surface area (Å²) in [6.45, 7) is 4.54. The highest BCUT2D eigenvalue weighted by atomic mass is 19.1. The molecule has 2 saturated carbocycles. The number of aryl methyl sites for hydroxylation is 1. The van der Waals surface area contributed by atoms with E-state index in [1.54, 1.807) is 6.07 Å². The van der Waals surface area contributed by atoms with Gasteiger partial charge in [0.2, 0.25) is 0 Å². The summed E-state index contributed by atoms with van der Waals surface area (Å²) in [6.07, 6.45) is 24.3. The molecule has 200 valence electrons. The van der Waals surface area contributed by atoms with E-state index >= 15 is 0 Å². The Bertz CT molecular complexity index is 690. The minimum absolute atomic E-state index is 0.0383. The number of hydrogen-bond donors (Lipinski definition) is 1. The number of halogens is 1. The first-order valence-corrected chi connectivity index (χ1v) is 14.7. The van der Waals surface area contributed by atoms with Crippen molar-refractivity contribution in [3.63, 3.8) is 0 Å². The van der Waals surface area contributed by atoms with Gasteiger partial charge in [0.25, 0.3) is 0 Å². The number of hydrogen-bond acceptors (Lipinski definition) is 2. The molecule has 0 atom stereocenters. The molecule has 3 nitrogen and oxygen atoms in total. The van der Waals surface area contributed by atoms with E-state index in [9.17, 15) is 9.18 Å². The molecular weight excluding hydrogens is 439 g/mol. The maximum Gasteiger partial charge on any atom is 0.511 e. The second-order valence-electron chi connectivity index (χ2n) is 11.0. The fourth-order valence-electron chi connectivity index (χ4n) is 5.91. The summed E-state index contributed by atoms with van der Waals surface area (Å²) in [5.74, 6) is 2.37. The molecule has 0 spiro atoms. The molecule has 0 amide bonds. The highest BCUT2D eigenvalue weighted by Crippen LogP contribution is 2.34. The molecule has 1 aromatic carbocycles. The van der Waals surface area contributed by atoms with Crippen molar-refractivity contribution in [3.05, 3.63) is 29.6 Å². The number of carbonyl (C=O) groups is 1. The van der Waals surface area contributed by atoms with E-state index in [4.69, 9.17) is 5.11 Å². The quantitative estimate of drug-likeness (QED) is 0.180. The van der Waals surface area contributed by atoms with Crippen LogP contribution in [0.25, 0.3) is 0 Å². The van der Waals surface area contributed by atoms with Crippen molar-refractivity contribution in [2.45, 2.75) is 136 Å². The lowest BCUT2D eigenvalue weighted by molar-refractivity contribution is 0.144. The van der Waals surface area contributed by atoms with Crippen LogP contribution in [0.3, 0.4) is 0 Å². The fourth-order valence-corrected chi connectivity index (χ4v) is 5.91. The molecule has 0 heterocycles. The molecule has 1 N–H and O–H groups in total. The van der Waals surface area contributed by atoms with Crippen LogP contribution in [0, 0.1) is 23.6 Å². The molecule has 0 radical (unpaired) electrons. The van der Waals surface area contributed by atoms with Crippen LogP contribution in [-0.2, 0) is 6.42 Å². The number of rotatable bonds is 12. The molecule has 0 unspecified atom stereocenters. The minimum Gasteiger partial charge on any atom is -0.449 e. The normalized spacial score (nSPS) is 20.7. The number of carboxylic acid groups (broad SMARTS) is 1. The summed E-state index contributed by atoms with van der Waals surface area (Å²) < 4.78 is 18.5. The van der Waals surface area contributed by atoms with Crippen LogP contribution < -0.4 is 4.74 Å². The van der Waals surface area contributed by atoms with Gasteiger partial charge in [-0.2, -0.15) is 0 Å². The molecule has 35 heavy (non-hydrogen) atoms. The Hall–Kier alpha value is -1.58. The Morgan fingerprint density at radius 1 is 0.829 bits per heavy atom. The van der Waals surface area contributed by atoms with Gasteiger partial charge in [0, 0.05) is 6.07 Å². The van der Waals surface area contributed by atoms with E-state index in [1.807, 2.05) is 0 Å². The average Bonchev–Trinajstić information content (AvgIpc) is 2.85. The van der Waals surface area contributed by atoms with Gasteiger partial charge in [-0.05, 0) is 42.2 Å². The van der Waals surface area contributed by atoms with Crippen molar-refractivity contribution in [1.82, 2.24) is 0 Å². The maximum absolute atomic E-state index is 14.0. The van der Waals surface area contributed by atoms with Crippen LogP contribution in [-0.4, -0.2) is 11.3 Å². The third-order valence-corrected chi connectivity index (χ3v) is 8.17. The standard InChI is InChI=1S/C20H29FO3.C11H22/c1-2-3-4-5-15-6-8-16(9-7-15)10-11-17-12-13-18(14-19(17)21)24-20(22)23;1-2-3-5-8-11-9-6-4-7-10-11/h12-16H,2-11H2,1H3,(H,22,23);11H,2-10H2,1H3/t15-,16-;. The Morgan fingerprint density at radius 2 is 1.37 bits per heavy atom. The van der Waals surface area contributed by atoms with Gasteiger partial charge in [0.1, 0.15) is 11.6 Å². The van der Waals surface area contributed by atoms with Crippen LogP contribution in [0.15, 0.2) is 18.2 Å². The van der Waals surface area contributed by atoms with Gasteiger partial charge in [-0.15, -0.1) is 0 Å². The second-order valence-corrected chi connectivity index (χ2v) is 11.0. The van der Waals surface area contributed by atoms with E-state index in [0.29, 0.717) is 17.9 Å². The summed E-state index contributed by atoms with van der Waals surface area (Å²) in [6, 6.07) is 4.33. The molecule has 0 saturated heterocycles. The fraction of sp³-hybridized carbons (Fsp3) is 0.774. The van der Waals surface area contributed by atoms with Crippen LogP contribution in [0.2, 0.25) is 0 Å². The van der Waals surface area contributed by atoms with Crippen LogP contribution in [0.1, 0.15) is 135 Å². The summed E-state index contributed by atoms with van der Waals surface area (Å²) in [4.78, 5) is 10.5. The highest BCUT2D eigenvalue weighted by molar-refractivity contribution is 5.61. The van der Waals surface area contributed by atoms with E-state index in [1.165, 1.54) is 115 Å². The Kier molecular flexibility index (Phi) is 15.1. The lowest BCUT2D eigenvalue weighted by Gasteiger charge is -2.28. The van der Waals surface area contributed by atoms with Gasteiger partial charge in [0.15, 0.2) is 0 Å². The molecule has 1 aromatic rings. The number of unbranched alkanes of at least 4 members (excludes halogenated alkanes) is 4. The van der Waals surface area contributed by atoms with Crippen molar-refractivity contribution < 1.29 is 19.0 Å². The topological polar surface area (TPSA) is 46.5 Å². The van der Waals surface area contributed by atoms with Gasteiger partial charge in [-0.25, -0.2) is 9.18 Å².